The monoisotopic (exact) mass is 566 g/mol. The third-order valence-electron chi connectivity index (χ3n) is 9.59. The van der Waals surface area contributed by atoms with Crippen LogP contribution < -0.4 is 0 Å². The number of rotatable bonds is 11. The summed E-state index contributed by atoms with van der Waals surface area (Å²) in [7, 11) is 0. The Morgan fingerprint density at radius 2 is 1.90 bits per heavy atom. The fourth-order valence-electron chi connectivity index (χ4n) is 7.81. The Bertz CT molecular complexity index is 1140. The molecule has 40 heavy (non-hydrogen) atoms. The normalized spacial score (nSPS) is 32.0. The van der Waals surface area contributed by atoms with E-state index in [0.29, 0.717) is 19.4 Å². The molecular weight excluding hydrogens is 524 g/mol. The van der Waals surface area contributed by atoms with Crippen LogP contribution in [-0.2, 0) is 19.1 Å². The highest BCUT2D eigenvalue weighted by Gasteiger charge is 2.78. The lowest BCUT2D eigenvalue weighted by Gasteiger charge is -2.42. The van der Waals surface area contributed by atoms with E-state index >= 15 is 0 Å². The lowest BCUT2D eigenvalue weighted by molar-refractivity contribution is -0.156. The summed E-state index contributed by atoms with van der Waals surface area (Å²) < 4.78 is 4.41. The molecule has 4 aliphatic rings. The van der Waals surface area contributed by atoms with E-state index in [1.54, 1.807) is 28.8 Å². The van der Waals surface area contributed by atoms with E-state index in [2.05, 4.69) is 13.2 Å². The number of aliphatic hydroxyl groups is 1. The maximum Gasteiger partial charge on any atom is 0.311 e. The molecule has 8 heteroatoms. The Morgan fingerprint density at radius 1 is 1.18 bits per heavy atom. The summed E-state index contributed by atoms with van der Waals surface area (Å²) in [5.74, 6) is -2.03. The number of aliphatic hydroxyl groups excluding tert-OH is 1. The maximum absolute atomic E-state index is 14.8. The van der Waals surface area contributed by atoms with Gasteiger partial charge in [0.05, 0.1) is 35.8 Å². The Hall–Kier alpha value is -2.58. The van der Waals surface area contributed by atoms with Gasteiger partial charge in [0, 0.05) is 17.3 Å². The summed E-state index contributed by atoms with van der Waals surface area (Å²) in [6.07, 6.45) is 10.6. The molecule has 5 rings (SSSR count). The van der Waals surface area contributed by atoms with Crippen molar-refractivity contribution in [2.75, 3.05) is 19.8 Å². The van der Waals surface area contributed by atoms with Crippen molar-refractivity contribution in [1.82, 2.24) is 9.80 Å². The zero-order valence-electron chi connectivity index (χ0n) is 23.5. The van der Waals surface area contributed by atoms with Crippen LogP contribution in [0.4, 0.5) is 0 Å². The van der Waals surface area contributed by atoms with Gasteiger partial charge in [-0.25, -0.2) is 0 Å². The van der Waals surface area contributed by atoms with Crippen LogP contribution in [0, 0.1) is 11.8 Å². The number of hydrogen-bond acceptors (Lipinski definition) is 6. The number of nitrogens with zero attached hydrogens (tertiary/aromatic N) is 2. The summed E-state index contributed by atoms with van der Waals surface area (Å²) in [6.45, 7) is 10.0. The van der Waals surface area contributed by atoms with Crippen molar-refractivity contribution in [2.45, 2.75) is 85.9 Å². The molecule has 3 aliphatic heterocycles. The fourth-order valence-corrected chi connectivity index (χ4v) is 10.1. The number of likely N-dealkylation sites (tertiary alicyclic amines) is 1. The lowest BCUT2D eigenvalue weighted by Crippen LogP contribution is -2.57. The van der Waals surface area contributed by atoms with Gasteiger partial charge in [0.1, 0.15) is 6.04 Å². The third-order valence-corrected chi connectivity index (χ3v) is 11.6. The minimum atomic E-state index is -0.790. The van der Waals surface area contributed by atoms with Gasteiger partial charge in [0.15, 0.2) is 0 Å². The van der Waals surface area contributed by atoms with Gasteiger partial charge in [-0.1, -0.05) is 61.7 Å². The van der Waals surface area contributed by atoms with E-state index < -0.39 is 33.4 Å². The van der Waals surface area contributed by atoms with Crippen LogP contribution in [0.1, 0.15) is 69.9 Å². The van der Waals surface area contributed by atoms with Gasteiger partial charge in [-0.05, 0) is 44.6 Å². The average molecular weight is 567 g/mol. The first kappa shape index (κ1) is 28.9. The minimum Gasteiger partial charge on any atom is -0.465 e. The third kappa shape index (κ3) is 4.71. The number of amides is 2. The highest BCUT2D eigenvalue weighted by Crippen LogP contribution is 2.72. The second-order valence-electron chi connectivity index (χ2n) is 11.9. The molecule has 2 bridgehead atoms. The Morgan fingerprint density at radius 3 is 2.55 bits per heavy atom. The van der Waals surface area contributed by atoms with Crippen molar-refractivity contribution < 1.29 is 24.2 Å². The molecule has 3 saturated heterocycles. The molecule has 3 heterocycles. The second-order valence-corrected chi connectivity index (χ2v) is 13.8. The maximum atomic E-state index is 14.8. The summed E-state index contributed by atoms with van der Waals surface area (Å²) in [5, 5.41) is 10.7. The van der Waals surface area contributed by atoms with Crippen LogP contribution in [0.2, 0.25) is 0 Å². The SMILES string of the molecule is C=CCCOC(=O)[C@H]1[C@H]2C(=O)N([C@H](CO)c3ccccc3)C(C(=O)N(CC=C)C3CCCCC3)C23CC[C@]1(C)S3. The molecule has 0 aromatic heterocycles. The van der Waals surface area contributed by atoms with E-state index in [-0.39, 0.29) is 37.0 Å². The average Bonchev–Trinajstić information content (AvgIpc) is 3.54. The van der Waals surface area contributed by atoms with Crippen LogP contribution in [0.15, 0.2) is 55.6 Å². The van der Waals surface area contributed by atoms with Gasteiger partial charge in [0.2, 0.25) is 11.8 Å². The first-order valence-electron chi connectivity index (χ1n) is 14.7. The molecule has 1 aromatic rings. The molecule has 1 aromatic carbocycles. The second kappa shape index (κ2) is 11.7. The first-order valence-corrected chi connectivity index (χ1v) is 15.5. The van der Waals surface area contributed by atoms with Crippen molar-refractivity contribution >= 4 is 29.5 Å². The molecule has 1 spiro atoms. The molecule has 1 saturated carbocycles. The number of esters is 1. The lowest BCUT2D eigenvalue weighted by atomic mass is 9.66. The Labute approximate surface area is 242 Å². The van der Waals surface area contributed by atoms with Gasteiger partial charge in [-0.3, -0.25) is 14.4 Å². The number of carbonyl (C=O) groups excluding carboxylic acids is 3. The zero-order valence-corrected chi connectivity index (χ0v) is 24.3. The van der Waals surface area contributed by atoms with E-state index in [9.17, 15) is 19.5 Å². The predicted molar refractivity (Wildman–Crippen MR) is 156 cm³/mol. The largest absolute Gasteiger partial charge is 0.465 e. The van der Waals surface area contributed by atoms with Crippen LogP contribution >= 0.6 is 11.8 Å². The smallest absolute Gasteiger partial charge is 0.311 e. The van der Waals surface area contributed by atoms with Crippen LogP contribution in [-0.4, -0.2) is 74.0 Å². The summed E-state index contributed by atoms with van der Waals surface area (Å²) in [4.78, 5) is 46.6. The molecule has 4 fully saturated rings. The standard InChI is InChI=1S/C32H42N2O5S/c1-4-6-20-39-30(38)26-25-28(36)34(24(21-35)22-13-9-7-10-14-22)27(32(25)18-17-31(26,3)40-32)29(37)33(19-5-2)23-15-11-8-12-16-23/h4-5,7,9-10,13-14,23-27,35H,1-2,6,8,11-12,15-21H2,3H3/t24-,25+,26-,27?,31+,32?/m1/s1. The highest BCUT2D eigenvalue weighted by molar-refractivity contribution is 8.02. The van der Waals surface area contributed by atoms with Crippen molar-refractivity contribution in [3.8, 4) is 0 Å². The van der Waals surface area contributed by atoms with Crippen molar-refractivity contribution in [2.24, 2.45) is 11.8 Å². The molecule has 1 aliphatic carbocycles. The molecule has 6 atom stereocenters. The molecule has 7 nitrogen and oxygen atoms in total. The topological polar surface area (TPSA) is 87.1 Å². The zero-order chi connectivity index (χ0) is 28.5. The minimum absolute atomic E-state index is 0.0885. The van der Waals surface area contributed by atoms with Crippen LogP contribution in [0.3, 0.4) is 0 Å². The number of ether oxygens (including phenoxy) is 1. The van der Waals surface area contributed by atoms with Crippen molar-refractivity contribution in [3.63, 3.8) is 0 Å². The fraction of sp³-hybridized carbons (Fsp3) is 0.594. The van der Waals surface area contributed by atoms with Gasteiger partial charge < -0.3 is 19.6 Å². The predicted octanol–water partition coefficient (Wildman–Crippen LogP) is 4.67. The number of carbonyl (C=O) groups is 3. The molecule has 2 amide bonds. The quantitative estimate of drug-likeness (QED) is 0.238. The molecule has 1 N–H and O–H groups in total. The Kier molecular flexibility index (Phi) is 8.48. The number of fused-ring (bicyclic) bond motifs is 1. The van der Waals surface area contributed by atoms with Crippen molar-refractivity contribution in [1.29, 1.82) is 0 Å². The highest BCUT2D eigenvalue weighted by atomic mass is 32.2. The van der Waals surface area contributed by atoms with E-state index in [0.717, 1.165) is 44.1 Å². The summed E-state index contributed by atoms with van der Waals surface area (Å²) in [5.41, 5.74) is 0.774. The van der Waals surface area contributed by atoms with E-state index in [1.807, 2.05) is 42.2 Å². The Balaban J connectivity index is 1.60. The van der Waals surface area contributed by atoms with Gasteiger partial charge in [0.25, 0.3) is 0 Å². The molecular formula is C32H42N2O5S. The van der Waals surface area contributed by atoms with Gasteiger partial charge in [-0.15, -0.1) is 24.9 Å². The first-order chi connectivity index (χ1) is 19.3. The summed E-state index contributed by atoms with van der Waals surface area (Å²) >= 11 is 1.64. The number of benzene rings is 1. The van der Waals surface area contributed by atoms with Crippen LogP contribution in [0.5, 0.6) is 0 Å². The van der Waals surface area contributed by atoms with Crippen LogP contribution in [0.25, 0.3) is 0 Å². The van der Waals surface area contributed by atoms with Gasteiger partial charge in [-0.2, -0.15) is 0 Å². The molecule has 2 unspecified atom stereocenters. The molecule has 216 valence electrons. The molecule has 0 radical (unpaired) electrons. The van der Waals surface area contributed by atoms with Gasteiger partial charge >= 0.3 is 5.97 Å². The number of hydrogen-bond donors (Lipinski definition) is 1. The van der Waals surface area contributed by atoms with E-state index in [1.165, 1.54) is 0 Å². The van der Waals surface area contributed by atoms with Crippen molar-refractivity contribution in [3.05, 3.63) is 61.2 Å². The van der Waals surface area contributed by atoms with E-state index in [4.69, 9.17) is 4.74 Å². The summed E-state index contributed by atoms with van der Waals surface area (Å²) in [6, 6.07) is 8.03. The number of thioether (sulfide) groups is 1.